The second-order valence-electron chi connectivity index (χ2n) is 6.74. The van der Waals surface area contributed by atoms with E-state index in [1.54, 1.807) is 0 Å². The summed E-state index contributed by atoms with van der Waals surface area (Å²) < 4.78 is 37.2. The second kappa shape index (κ2) is 12.0. The van der Waals surface area contributed by atoms with E-state index in [2.05, 4.69) is 28.5 Å². The number of likely N-dealkylation sites (N-methyl/N-ethyl adjacent to an activating group) is 1. The van der Waals surface area contributed by atoms with Crippen LogP contribution in [0.5, 0.6) is 0 Å². The van der Waals surface area contributed by atoms with Crippen molar-refractivity contribution in [3.63, 3.8) is 0 Å². The van der Waals surface area contributed by atoms with E-state index in [-0.39, 0.29) is 30.5 Å². The molecule has 1 aromatic carbocycles. The number of hydrogen-bond acceptors (Lipinski definition) is 2. The Morgan fingerprint density at radius 1 is 1.24 bits per heavy atom. The summed E-state index contributed by atoms with van der Waals surface area (Å²) in [4.78, 5) is 18.9. The number of amides is 1. The van der Waals surface area contributed by atoms with Crippen molar-refractivity contribution >= 4 is 41.9 Å². The predicted octanol–water partition coefficient (Wildman–Crippen LogP) is 3.77. The van der Waals surface area contributed by atoms with Gasteiger partial charge < -0.3 is 15.1 Å². The molecule has 0 aromatic heterocycles. The van der Waals surface area contributed by atoms with Gasteiger partial charge in [0.2, 0.25) is 5.91 Å². The highest BCUT2D eigenvalue weighted by molar-refractivity contribution is 14.0. The van der Waals surface area contributed by atoms with Crippen molar-refractivity contribution < 1.29 is 18.0 Å². The summed E-state index contributed by atoms with van der Waals surface area (Å²) in [6.45, 7) is 2.45. The van der Waals surface area contributed by atoms with Crippen LogP contribution in [0.1, 0.15) is 25.3 Å². The minimum Gasteiger partial charge on any atom is -0.357 e. The number of nitrogens with one attached hydrogen (secondary N) is 1. The molecule has 1 aliphatic rings. The third-order valence-corrected chi connectivity index (χ3v) is 4.42. The normalized spacial score (nSPS) is 14.9. The van der Waals surface area contributed by atoms with Crippen LogP contribution in [0.25, 0.3) is 6.08 Å². The van der Waals surface area contributed by atoms with Crippen molar-refractivity contribution in [2.75, 3.05) is 39.8 Å². The van der Waals surface area contributed by atoms with Crippen LogP contribution in [0, 0.1) is 0 Å². The third kappa shape index (κ3) is 9.05. The Kier molecular flexibility index (Phi) is 10.5. The molecule has 162 valence electrons. The fourth-order valence-corrected chi connectivity index (χ4v) is 2.98. The average molecular weight is 524 g/mol. The van der Waals surface area contributed by atoms with E-state index >= 15 is 0 Å². The molecule has 29 heavy (non-hydrogen) atoms. The minimum absolute atomic E-state index is 0. The second-order valence-corrected chi connectivity index (χ2v) is 6.74. The number of carbonyl (C=O) groups is 1. The molecule has 5 nitrogen and oxygen atoms in total. The van der Waals surface area contributed by atoms with Crippen molar-refractivity contribution in [1.82, 2.24) is 15.1 Å². The van der Waals surface area contributed by atoms with Crippen LogP contribution < -0.4 is 5.32 Å². The number of nitrogens with zero attached hydrogens (tertiary/aromatic N) is 3. The quantitative estimate of drug-likeness (QED) is 0.363. The number of likely N-dealkylation sites (tertiary alicyclic amines) is 1. The Bertz CT molecular complexity index is 697. The van der Waals surface area contributed by atoms with Gasteiger partial charge in [-0.3, -0.25) is 4.79 Å². The third-order valence-electron chi connectivity index (χ3n) is 4.42. The first-order valence-electron chi connectivity index (χ1n) is 9.37. The topological polar surface area (TPSA) is 47.9 Å². The van der Waals surface area contributed by atoms with Crippen LogP contribution in [0.15, 0.2) is 40.9 Å². The van der Waals surface area contributed by atoms with Crippen molar-refractivity contribution in [3.05, 3.63) is 41.5 Å². The molecular weight excluding hydrogens is 496 g/mol. The molecule has 0 atom stereocenters. The summed E-state index contributed by atoms with van der Waals surface area (Å²) in [7, 11) is 1.14. The van der Waals surface area contributed by atoms with Gasteiger partial charge in [-0.25, -0.2) is 4.99 Å². The van der Waals surface area contributed by atoms with Crippen molar-refractivity contribution in [1.29, 1.82) is 0 Å². The maximum atomic E-state index is 12.4. The van der Waals surface area contributed by atoms with Crippen LogP contribution in [-0.2, 0) is 4.79 Å². The molecule has 0 bridgehead atoms. The van der Waals surface area contributed by atoms with Crippen LogP contribution in [0.4, 0.5) is 13.2 Å². The molecule has 1 aromatic rings. The van der Waals surface area contributed by atoms with E-state index in [1.165, 1.54) is 11.1 Å². The lowest BCUT2D eigenvalue weighted by Gasteiger charge is -2.31. The number of benzene rings is 1. The van der Waals surface area contributed by atoms with E-state index in [0.29, 0.717) is 17.4 Å². The van der Waals surface area contributed by atoms with Gasteiger partial charge in [0.25, 0.3) is 0 Å². The number of hydrogen-bond donors (Lipinski definition) is 1. The highest BCUT2D eigenvalue weighted by Gasteiger charge is 2.31. The summed E-state index contributed by atoms with van der Waals surface area (Å²) >= 11 is 0. The Labute approximate surface area is 187 Å². The first kappa shape index (κ1) is 25.3. The molecule has 1 saturated heterocycles. The molecule has 1 fully saturated rings. The lowest BCUT2D eigenvalue weighted by molar-refractivity contribution is -0.157. The molecule has 0 unspecified atom stereocenters. The predicted molar refractivity (Wildman–Crippen MR) is 120 cm³/mol. The summed E-state index contributed by atoms with van der Waals surface area (Å²) in [6.07, 6.45) is -0.466. The van der Waals surface area contributed by atoms with Gasteiger partial charge in [-0.15, -0.1) is 24.0 Å². The Hall–Kier alpha value is -1.78. The zero-order valence-electron chi connectivity index (χ0n) is 16.7. The fraction of sp³-hybridized carbons (Fsp3) is 0.500. The lowest BCUT2D eigenvalue weighted by Crippen LogP contribution is -2.45. The molecule has 0 aliphatic carbocycles. The Morgan fingerprint density at radius 3 is 2.41 bits per heavy atom. The number of alkyl halides is 3. The first-order valence-corrected chi connectivity index (χ1v) is 9.37. The summed E-state index contributed by atoms with van der Waals surface area (Å²) in [6, 6.07) is 10.1. The highest BCUT2D eigenvalue weighted by Crippen LogP contribution is 2.19. The molecule has 1 heterocycles. The number of aliphatic imine (C=N–C) groups is 1. The van der Waals surface area contributed by atoms with Gasteiger partial charge in [-0.2, -0.15) is 13.2 Å². The Balaban J connectivity index is 0.00000420. The van der Waals surface area contributed by atoms with Gasteiger partial charge in [-0.1, -0.05) is 42.0 Å². The maximum Gasteiger partial charge on any atom is 0.406 e. The van der Waals surface area contributed by atoms with Crippen LogP contribution in [0.2, 0.25) is 0 Å². The van der Waals surface area contributed by atoms with E-state index in [4.69, 9.17) is 0 Å². The molecule has 0 saturated carbocycles. The zero-order chi connectivity index (χ0) is 20.6. The average Bonchev–Trinajstić information content (AvgIpc) is 2.65. The van der Waals surface area contributed by atoms with Crippen LogP contribution in [-0.4, -0.2) is 67.6 Å². The van der Waals surface area contributed by atoms with E-state index in [1.807, 2.05) is 30.0 Å². The number of rotatable bonds is 5. The molecule has 1 aliphatic heterocycles. The van der Waals surface area contributed by atoms with Crippen LogP contribution in [0.3, 0.4) is 0 Å². The molecule has 2 rings (SSSR count). The minimum atomic E-state index is -4.41. The number of piperidine rings is 1. The van der Waals surface area contributed by atoms with E-state index in [9.17, 15) is 18.0 Å². The van der Waals surface area contributed by atoms with Gasteiger partial charge in [-0.05, 0) is 25.3 Å². The van der Waals surface area contributed by atoms with Crippen molar-refractivity contribution in [3.8, 4) is 0 Å². The van der Waals surface area contributed by atoms with E-state index in [0.717, 1.165) is 33.0 Å². The molecule has 9 heteroatoms. The first-order chi connectivity index (χ1) is 13.3. The fourth-order valence-electron chi connectivity index (χ4n) is 2.98. The summed E-state index contributed by atoms with van der Waals surface area (Å²) in [5, 5.41) is 3.12. The maximum absolute atomic E-state index is 12.4. The monoisotopic (exact) mass is 524 g/mol. The molecule has 1 amide bonds. The van der Waals surface area contributed by atoms with E-state index < -0.39 is 18.6 Å². The van der Waals surface area contributed by atoms with Gasteiger partial charge in [0.05, 0.1) is 0 Å². The lowest BCUT2D eigenvalue weighted by atomic mass is 10.0. The smallest absolute Gasteiger partial charge is 0.357 e. The number of halogens is 4. The van der Waals surface area contributed by atoms with Gasteiger partial charge in [0.1, 0.15) is 13.1 Å². The van der Waals surface area contributed by atoms with Crippen LogP contribution >= 0.6 is 24.0 Å². The van der Waals surface area contributed by atoms with Gasteiger partial charge in [0, 0.05) is 26.7 Å². The number of carbonyl (C=O) groups excluding carboxylic acids is 1. The largest absolute Gasteiger partial charge is 0.406 e. The molecule has 0 spiro atoms. The summed E-state index contributed by atoms with van der Waals surface area (Å²) in [5.74, 6) is -0.0931. The van der Waals surface area contributed by atoms with Crippen molar-refractivity contribution in [2.45, 2.75) is 25.9 Å². The molecular formula is C20H28F3IN4O. The zero-order valence-corrected chi connectivity index (χ0v) is 19.0. The SMILES string of the molecule is CCNC(=NCC(=O)N(C)CC(F)(F)F)N1CCC(=Cc2ccccc2)CC1.I. The van der Waals surface area contributed by atoms with Gasteiger partial charge in [0.15, 0.2) is 5.96 Å². The standard InChI is InChI=1S/C20H27F3N4O.HI/c1-3-24-19(25-14-18(28)26(2)15-20(21,22)23)27-11-9-17(10-12-27)13-16-7-5-4-6-8-16;/h4-8,13H,3,9-12,14-15H2,1-2H3,(H,24,25);1H. The summed E-state index contributed by atoms with van der Waals surface area (Å²) in [5.41, 5.74) is 2.52. The van der Waals surface area contributed by atoms with Gasteiger partial charge >= 0.3 is 6.18 Å². The van der Waals surface area contributed by atoms with Crippen molar-refractivity contribution in [2.24, 2.45) is 4.99 Å². The highest BCUT2D eigenvalue weighted by atomic mass is 127. The Morgan fingerprint density at radius 2 is 1.86 bits per heavy atom. The molecule has 1 N–H and O–H groups in total. The number of guanidine groups is 1. The molecule has 0 radical (unpaired) electrons.